The van der Waals surface area contributed by atoms with Gasteiger partial charge in [0.2, 0.25) is 0 Å². The van der Waals surface area contributed by atoms with Gasteiger partial charge in [-0.05, 0) is 25.1 Å². The minimum Gasteiger partial charge on any atom is -0.236 e. The number of pyridine rings is 1. The maximum Gasteiger partial charge on any atom is 0.134 e. The van der Waals surface area contributed by atoms with Crippen LogP contribution in [0, 0.1) is 18.3 Å². The lowest BCUT2D eigenvalue weighted by Gasteiger charge is -2.05. The first-order valence-corrected chi connectivity index (χ1v) is 5.04. The quantitative estimate of drug-likeness (QED) is 0.654. The van der Waals surface area contributed by atoms with Gasteiger partial charge >= 0.3 is 0 Å². The molecule has 2 rings (SSSR count). The zero-order valence-corrected chi connectivity index (χ0v) is 9.39. The van der Waals surface area contributed by atoms with Gasteiger partial charge in [0.25, 0.3) is 0 Å². The Kier molecular flexibility index (Phi) is 2.52. The predicted molar refractivity (Wildman–Crippen MR) is 61.2 cm³/mol. The molecular formula is C11H6Cl2N2. The molecule has 0 aliphatic rings. The summed E-state index contributed by atoms with van der Waals surface area (Å²) >= 11 is 12.0. The second kappa shape index (κ2) is 3.69. The summed E-state index contributed by atoms with van der Waals surface area (Å²) in [6.45, 7) is 1.80. The molecule has 0 N–H and O–H groups in total. The van der Waals surface area contributed by atoms with Gasteiger partial charge in [-0.2, -0.15) is 5.26 Å². The van der Waals surface area contributed by atoms with E-state index in [0.717, 1.165) is 10.9 Å². The predicted octanol–water partition coefficient (Wildman–Crippen LogP) is 3.72. The van der Waals surface area contributed by atoms with Crippen LogP contribution < -0.4 is 0 Å². The molecule has 0 bridgehead atoms. The number of rotatable bonds is 0. The molecule has 0 aliphatic carbocycles. The SMILES string of the molecule is Cc1c(Cl)nc2ccc(C#N)cc2c1Cl. The molecule has 2 aromatic rings. The molecule has 2 nitrogen and oxygen atoms in total. The molecule has 1 aromatic carbocycles. The van der Waals surface area contributed by atoms with Crippen molar-refractivity contribution in [2.75, 3.05) is 0 Å². The Bertz CT molecular complexity index is 585. The van der Waals surface area contributed by atoms with E-state index < -0.39 is 0 Å². The van der Waals surface area contributed by atoms with Gasteiger partial charge in [-0.1, -0.05) is 23.2 Å². The molecule has 0 radical (unpaired) electrons. The number of hydrogen-bond donors (Lipinski definition) is 0. The van der Waals surface area contributed by atoms with Gasteiger partial charge in [-0.3, -0.25) is 0 Å². The van der Waals surface area contributed by atoms with Gasteiger partial charge in [0.15, 0.2) is 0 Å². The Balaban J connectivity index is 2.89. The van der Waals surface area contributed by atoms with Crippen LogP contribution in [0.25, 0.3) is 10.9 Å². The first-order valence-electron chi connectivity index (χ1n) is 4.29. The molecule has 0 unspecified atom stereocenters. The highest BCUT2D eigenvalue weighted by Crippen LogP contribution is 2.30. The molecule has 0 amide bonds. The van der Waals surface area contributed by atoms with E-state index in [2.05, 4.69) is 11.1 Å². The van der Waals surface area contributed by atoms with Crippen LogP contribution in [0.4, 0.5) is 0 Å². The van der Waals surface area contributed by atoms with Crippen molar-refractivity contribution in [1.82, 2.24) is 4.98 Å². The van der Waals surface area contributed by atoms with E-state index in [1.165, 1.54) is 0 Å². The fourth-order valence-corrected chi connectivity index (χ4v) is 1.84. The average molecular weight is 237 g/mol. The number of nitrogens with zero attached hydrogens (tertiary/aromatic N) is 2. The third-order valence-electron chi connectivity index (χ3n) is 2.22. The normalized spacial score (nSPS) is 10.3. The molecular weight excluding hydrogens is 231 g/mol. The number of hydrogen-bond acceptors (Lipinski definition) is 2. The summed E-state index contributed by atoms with van der Waals surface area (Å²) in [6, 6.07) is 7.21. The molecule has 0 atom stereocenters. The Morgan fingerprint density at radius 1 is 1.33 bits per heavy atom. The highest BCUT2D eigenvalue weighted by molar-refractivity contribution is 6.39. The van der Waals surface area contributed by atoms with Crippen LogP contribution >= 0.6 is 23.2 Å². The summed E-state index contributed by atoms with van der Waals surface area (Å²) in [5, 5.41) is 10.5. The van der Waals surface area contributed by atoms with Gasteiger partial charge in [0, 0.05) is 10.9 Å². The lowest BCUT2D eigenvalue weighted by Crippen LogP contribution is -1.88. The zero-order valence-electron chi connectivity index (χ0n) is 7.88. The largest absolute Gasteiger partial charge is 0.236 e. The van der Waals surface area contributed by atoms with Crippen molar-refractivity contribution in [3.05, 3.63) is 39.5 Å². The van der Waals surface area contributed by atoms with E-state index in [9.17, 15) is 0 Å². The van der Waals surface area contributed by atoms with Crippen molar-refractivity contribution in [2.45, 2.75) is 6.92 Å². The van der Waals surface area contributed by atoms with Crippen LogP contribution in [-0.2, 0) is 0 Å². The second-order valence-corrected chi connectivity index (χ2v) is 3.92. The molecule has 1 aromatic heterocycles. The Morgan fingerprint density at radius 2 is 2.07 bits per heavy atom. The van der Waals surface area contributed by atoms with E-state index in [4.69, 9.17) is 28.5 Å². The van der Waals surface area contributed by atoms with Crippen molar-refractivity contribution in [2.24, 2.45) is 0 Å². The summed E-state index contributed by atoms with van der Waals surface area (Å²) in [4.78, 5) is 4.18. The van der Waals surface area contributed by atoms with E-state index in [1.807, 2.05) is 0 Å². The zero-order chi connectivity index (χ0) is 11.0. The topological polar surface area (TPSA) is 36.7 Å². The van der Waals surface area contributed by atoms with Crippen molar-refractivity contribution < 1.29 is 0 Å². The number of aromatic nitrogens is 1. The summed E-state index contributed by atoms with van der Waals surface area (Å²) < 4.78 is 0. The third kappa shape index (κ3) is 1.65. The van der Waals surface area contributed by atoms with Crippen LogP contribution in [0.2, 0.25) is 10.2 Å². The highest BCUT2D eigenvalue weighted by atomic mass is 35.5. The molecule has 74 valence electrons. The lowest BCUT2D eigenvalue weighted by molar-refractivity contribution is 1.33. The summed E-state index contributed by atoms with van der Waals surface area (Å²) in [6.07, 6.45) is 0. The monoisotopic (exact) mass is 236 g/mol. The third-order valence-corrected chi connectivity index (χ3v) is 3.07. The van der Waals surface area contributed by atoms with Crippen LogP contribution in [-0.4, -0.2) is 4.98 Å². The van der Waals surface area contributed by atoms with E-state index >= 15 is 0 Å². The fourth-order valence-electron chi connectivity index (χ4n) is 1.36. The van der Waals surface area contributed by atoms with Gasteiger partial charge < -0.3 is 0 Å². The van der Waals surface area contributed by atoms with Gasteiger partial charge in [0.05, 0.1) is 22.2 Å². The van der Waals surface area contributed by atoms with Gasteiger partial charge in [-0.15, -0.1) is 0 Å². The fraction of sp³-hybridized carbons (Fsp3) is 0.0909. The molecule has 0 saturated carbocycles. The summed E-state index contributed by atoms with van der Waals surface area (Å²) in [5.74, 6) is 0. The van der Waals surface area contributed by atoms with E-state index in [0.29, 0.717) is 21.3 Å². The van der Waals surface area contributed by atoms with Gasteiger partial charge in [0.1, 0.15) is 5.15 Å². The minimum absolute atomic E-state index is 0.400. The number of nitriles is 1. The average Bonchev–Trinajstić information content (AvgIpc) is 2.26. The maximum absolute atomic E-state index is 8.77. The summed E-state index contributed by atoms with van der Waals surface area (Å²) in [5.41, 5.74) is 2.00. The van der Waals surface area contributed by atoms with Crippen molar-refractivity contribution in [3.63, 3.8) is 0 Å². The van der Waals surface area contributed by atoms with E-state index in [1.54, 1.807) is 25.1 Å². The van der Waals surface area contributed by atoms with Crippen LogP contribution in [0.15, 0.2) is 18.2 Å². The Hall–Kier alpha value is -1.30. The molecule has 0 spiro atoms. The smallest absolute Gasteiger partial charge is 0.134 e. The highest BCUT2D eigenvalue weighted by Gasteiger charge is 2.08. The molecule has 15 heavy (non-hydrogen) atoms. The maximum atomic E-state index is 8.77. The second-order valence-electron chi connectivity index (χ2n) is 3.19. The van der Waals surface area contributed by atoms with E-state index in [-0.39, 0.29) is 0 Å². The number of benzene rings is 1. The molecule has 0 saturated heterocycles. The first kappa shape index (κ1) is 10.2. The minimum atomic E-state index is 0.400. The van der Waals surface area contributed by atoms with Crippen molar-refractivity contribution in [3.8, 4) is 6.07 Å². The van der Waals surface area contributed by atoms with Crippen LogP contribution in [0.3, 0.4) is 0 Å². The molecule has 1 heterocycles. The Morgan fingerprint density at radius 3 is 2.73 bits per heavy atom. The first-order chi connectivity index (χ1) is 7.13. The Labute approximate surface area is 97.1 Å². The van der Waals surface area contributed by atoms with Crippen molar-refractivity contribution in [1.29, 1.82) is 5.26 Å². The molecule has 4 heteroatoms. The standard InChI is InChI=1S/C11H6Cl2N2/c1-6-10(12)8-4-7(5-14)2-3-9(8)15-11(6)13/h2-4H,1H3. The molecule has 0 fully saturated rings. The van der Waals surface area contributed by atoms with Crippen LogP contribution in [0.5, 0.6) is 0 Å². The van der Waals surface area contributed by atoms with Crippen LogP contribution in [0.1, 0.15) is 11.1 Å². The molecule has 0 aliphatic heterocycles. The van der Waals surface area contributed by atoms with Gasteiger partial charge in [-0.25, -0.2) is 4.98 Å². The lowest BCUT2D eigenvalue weighted by atomic mass is 10.1. The number of fused-ring (bicyclic) bond motifs is 1. The van der Waals surface area contributed by atoms with Crippen molar-refractivity contribution >= 4 is 34.1 Å². The number of halogens is 2. The summed E-state index contributed by atoms with van der Waals surface area (Å²) in [7, 11) is 0.